The van der Waals surface area contributed by atoms with E-state index in [-0.39, 0.29) is 5.91 Å². The average Bonchev–Trinajstić information content (AvgIpc) is 2.98. The molecule has 2 aromatic rings. The van der Waals surface area contributed by atoms with E-state index in [0.29, 0.717) is 18.9 Å². The second kappa shape index (κ2) is 7.83. The number of carbonyl (C=O) groups excluding carboxylic acids is 1. The van der Waals surface area contributed by atoms with Crippen molar-refractivity contribution in [1.82, 2.24) is 20.0 Å². The van der Waals surface area contributed by atoms with Gasteiger partial charge in [-0.2, -0.15) is 5.10 Å². The minimum atomic E-state index is 0.130. The van der Waals surface area contributed by atoms with Crippen LogP contribution >= 0.6 is 0 Å². The molecule has 0 saturated carbocycles. The van der Waals surface area contributed by atoms with Crippen molar-refractivity contribution in [3.63, 3.8) is 0 Å². The Balaban J connectivity index is 1.61. The predicted molar refractivity (Wildman–Crippen MR) is 99.4 cm³/mol. The van der Waals surface area contributed by atoms with Gasteiger partial charge in [0.15, 0.2) is 0 Å². The molecule has 1 aliphatic rings. The summed E-state index contributed by atoms with van der Waals surface area (Å²) in [4.78, 5) is 14.3. The standard InChI is InChI=1S/C20H28N4O/c1-15-6-8-16(9-7-15)11-20(25)23(2)14-18-12-19(22-24(18)3)17-5-4-10-21-13-17/h6-9,12,17,21H,4-5,10-11,13-14H2,1-3H3/t17-/m0/s1. The smallest absolute Gasteiger partial charge is 0.227 e. The molecule has 0 bridgehead atoms. The highest BCUT2D eigenvalue weighted by atomic mass is 16.2. The van der Waals surface area contributed by atoms with Crippen LogP contribution in [0.25, 0.3) is 0 Å². The van der Waals surface area contributed by atoms with Crippen molar-refractivity contribution in [3.05, 3.63) is 52.8 Å². The topological polar surface area (TPSA) is 50.2 Å². The van der Waals surface area contributed by atoms with Crippen LogP contribution in [-0.4, -0.2) is 40.7 Å². The van der Waals surface area contributed by atoms with Crippen molar-refractivity contribution in [2.45, 2.75) is 38.6 Å². The molecule has 1 atom stereocenters. The summed E-state index contributed by atoms with van der Waals surface area (Å²) in [7, 11) is 3.83. The zero-order valence-corrected chi connectivity index (χ0v) is 15.5. The van der Waals surface area contributed by atoms with Gasteiger partial charge in [-0.3, -0.25) is 9.48 Å². The quantitative estimate of drug-likeness (QED) is 0.909. The fourth-order valence-electron chi connectivity index (χ4n) is 3.33. The highest BCUT2D eigenvalue weighted by Gasteiger charge is 2.20. The van der Waals surface area contributed by atoms with Gasteiger partial charge < -0.3 is 10.2 Å². The summed E-state index contributed by atoms with van der Waals surface area (Å²) in [5.74, 6) is 0.619. The van der Waals surface area contributed by atoms with E-state index in [1.807, 2.05) is 43.0 Å². The molecule has 5 heteroatoms. The zero-order chi connectivity index (χ0) is 17.8. The molecule has 1 aromatic carbocycles. The van der Waals surface area contributed by atoms with Gasteiger partial charge in [-0.15, -0.1) is 0 Å². The van der Waals surface area contributed by atoms with E-state index in [0.717, 1.165) is 30.0 Å². The molecule has 1 saturated heterocycles. The summed E-state index contributed by atoms with van der Waals surface area (Å²) in [6.07, 6.45) is 2.82. The number of nitrogens with zero attached hydrogens (tertiary/aromatic N) is 3. The van der Waals surface area contributed by atoms with Crippen LogP contribution in [0.5, 0.6) is 0 Å². The molecular weight excluding hydrogens is 312 g/mol. The van der Waals surface area contributed by atoms with Crippen LogP contribution in [0.1, 0.15) is 41.3 Å². The lowest BCUT2D eigenvalue weighted by Crippen LogP contribution is -2.28. The number of hydrogen-bond acceptors (Lipinski definition) is 3. The van der Waals surface area contributed by atoms with Crippen molar-refractivity contribution in [2.75, 3.05) is 20.1 Å². The van der Waals surface area contributed by atoms with E-state index >= 15 is 0 Å². The van der Waals surface area contributed by atoms with Gasteiger partial charge in [0, 0.05) is 26.6 Å². The number of carbonyl (C=O) groups is 1. The molecule has 0 aliphatic carbocycles. The van der Waals surface area contributed by atoms with Gasteiger partial charge >= 0.3 is 0 Å². The lowest BCUT2D eigenvalue weighted by molar-refractivity contribution is -0.129. The minimum Gasteiger partial charge on any atom is -0.340 e. The first kappa shape index (κ1) is 17.7. The summed E-state index contributed by atoms with van der Waals surface area (Å²) in [5, 5.41) is 8.12. The highest BCUT2D eigenvalue weighted by molar-refractivity contribution is 5.78. The Morgan fingerprint density at radius 1 is 1.36 bits per heavy atom. The maximum absolute atomic E-state index is 12.5. The number of benzene rings is 1. The SMILES string of the molecule is Cc1ccc(CC(=O)N(C)Cc2cc([C@H]3CCCNC3)nn2C)cc1. The predicted octanol–water partition coefficient (Wildman–Crippen LogP) is 2.40. The second-order valence-electron chi connectivity index (χ2n) is 7.14. The van der Waals surface area contributed by atoms with Gasteiger partial charge in [0.1, 0.15) is 0 Å². The summed E-state index contributed by atoms with van der Waals surface area (Å²) >= 11 is 0. The number of nitrogens with one attached hydrogen (secondary N) is 1. The Bertz CT molecular complexity index is 714. The van der Waals surface area contributed by atoms with Crippen LogP contribution in [0.3, 0.4) is 0 Å². The molecule has 1 fully saturated rings. The molecule has 1 amide bonds. The maximum Gasteiger partial charge on any atom is 0.227 e. The van der Waals surface area contributed by atoms with Crippen molar-refractivity contribution < 1.29 is 4.79 Å². The van der Waals surface area contributed by atoms with Gasteiger partial charge in [0.25, 0.3) is 0 Å². The normalized spacial score (nSPS) is 17.5. The van der Waals surface area contributed by atoms with Gasteiger partial charge in [-0.05, 0) is 37.9 Å². The van der Waals surface area contributed by atoms with Crippen LogP contribution in [0.15, 0.2) is 30.3 Å². The Labute approximate surface area is 150 Å². The molecule has 1 aliphatic heterocycles. The molecule has 0 radical (unpaired) electrons. The number of amides is 1. The maximum atomic E-state index is 12.5. The summed E-state index contributed by atoms with van der Waals surface area (Å²) in [6.45, 7) is 4.75. The average molecular weight is 340 g/mol. The van der Waals surface area contributed by atoms with Crippen molar-refractivity contribution in [2.24, 2.45) is 7.05 Å². The summed E-state index contributed by atoms with van der Waals surface area (Å²) < 4.78 is 1.92. The second-order valence-corrected chi connectivity index (χ2v) is 7.14. The van der Waals surface area contributed by atoms with Crippen LogP contribution in [0.4, 0.5) is 0 Å². The number of hydrogen-bond donors (Lipinski definition) is 1. The molecule has 3 rings (SSSR count). The van der Waals surface area contributed by atoms with Crippen LogP contribution < -0.4 is 5.32 Å². The first-order valence-corrected chi connectivity index (χ1v) is 9.06. The minimum absolute atomic E-state index is 0.130. The van der Waals surface area contributed by atoms with Gasteiger partial charge in [0.2, 0.25) is 5.91 Å². The van der Waals surface area contributed by atoms with E-state index < -0.39 is 0 Å². The molecule has 0 unspecified atom stereocenters. The van der Waals surface area contributed by atoms with E-state index in [1.54, 1.807) is 4.90 Å². The summed E-state index contributed by atoms with van der Waals surface area (Å²) in [6, 6.07) is 10.3. The summed E-state index contributed by atoms with van der Waals surface area (Å²) in [5.41, 5.74) is 4.50. The largest absolute Gasteiger partial charge is 0.340 e. The molecular formula is C20H28N4O. The number of piperidine rings is 1. The zero-order valence-electron chi connectivity index (χ0n) is 15.5. The number of likely N-dealkylation sites (N-methyl/N-ethyl adjacent to an activating group) is 1. The Morgan fingerprint density at radius 2 is 2.12 bits per heavy atom. The van der Waals surface area contributed by atoms with Crippen LogP contribution in [0.2, 0.25) is 0 Å². The molecule has 2 heterocycles. The molecule has 1 aromatic heterocycles. The Morgan fingerprint density at radius 3 is 2.80 bits per heavy atom. The van der Waals surface area contributed by atoms with E-state index in [9.17, 15) is 4.79 Å². The van der Waals surface area contributed by atoms with Gasteiger partial charge in [-0.25, -0.2) is 0 Å². The van der Waals surface area contributed by atoms with Crippen molar-refractivity contribution in [1.29, 1.82) is 0 Å². The Hall–Kier alpha value is -2.14. The lowest BCUT2D eigenvalue weighted by Gasteiger charge is -2.20. The van der Waals surface area contributed by atoms with E-state index in [1.165, 1.54) is 18.4 Å². The first-order valence-electron chi connectivity index (χ1n) is 9.06. The van der Waals surface area contributed by atoms with E-state index in [2.05, 4.69) is 23.4 Å². The van der Waals surface area contributed by atoms with E-state index in [4.69, 9.17) is 0 Å². The Kier molecular flexibility index (Phi) is 5.53. The molecule has 1 N–H and O–H groups in total. The number of aryl methyl sites for hydroxylation is 2. The molecule has 25 heavy (non-hydrogen) atoms. The fraction of sp³-hybridized carbons (Fsp3) is 0.500. The number of rotatable bonds is 5. The fourth-order valence-corrected chi connectivity index (χ4v) is 3.33. The van der Waals surface area contributed by atoms with Crippen LogP contribution in [0, 0.1) is 6.92 Å². The van der Waals surface area contributed by atoms with Crippen molar-refractivity contribution in [3.8, 4) is 0 Å². The molecule has 0 spiro atoms. The third kappa shape index (κ3) is 4.48. The highest BCUT2D eigenvalue weighted by Crippen LogP contribution is 2.23. The number of aromatic nitrogens is 2. The van der Waals surface area contributed by atoms with Crippen LogP contribution in [-0.2, 0) is 24.8 Å². The third-order valence-electron chi connectivity index (χ3n) is 5.01. The van der Waals surface area contributed by atoms with Gasteiger partial charge in [-0.1, -0.05) is 29.8 Å². The lowest BCUT2D eigenvalue weighted by atomic mass is 9.96. The first-order chi connectivity index (χ1) is 12.0. The van der Waals surface area contributed by atoms with Gasteiger partial charge in [0.05, 0.1) is 24.4 Å². The third-order valence-corrected chi connectivity index (χ3v) is 5.01. The molecule has 134 valence electrons. The monoisotopic (exact) mass is 340 g/mol. The molecule has 5 nitrogen and oxygen atoms in total. The van der Waals surface area contributed by atoms with Crippen molar-refractivity contribution >= 4 is 5.91 Å².